The lowest BCUT2D eigenvalue weighted by Crippen LogP contribution is -2.48. The summed E-state index contributed by atoms with van der Waals surface area (Å²) in [5, 5.41) is 12.1. The highest BCUT2D eigenvalue weighted by atomic mass is 16.3. The zero-order chi connectivity index (χ0) is 32.0. The van der Waals surface area contributed by atoms with E-state index in [4.69, 9.17) is 0 Å². The molecule has 0 radical (unpaired) electrons. The lowest BCUT2D eigenvalue weighted by molar-refractivity contribution is -0.0981. The first-order chi connectivity index (χ1) is 18.1. The molecule has 0 aromatic carbocycles. The van der Waals surface area contributed by atoms with Gasteiger partial charge in [-0.3, -0.25) is 0 Å². The molecule has 0 saturated heterocycles. The quantitative estimate of drug-likeness (QED) is 0.175. The van der Waals surface area contributed by atoms with Gasteiger partial charge >= 0.3 is 0 Å². The second kappa shape index (κ2) is 16.7. The first-order valence-electron chi connectivity index (χ1n) is 17.8. The van der Waals surface area contributed by atoms with Gasteiger partial charge in [0.1, 0.15) is 0 Å². The Labute approximate surface area is 255 Å². The fourth-order valence-electron chi connectivity index (χ4n) is 8.20. The number of hydrogen-bond donors (Lipinski definition) is 1. The van der Waals surface area contributed by atoms with Crippen molar-refractivity contribution < 1.29 is 5.11 Å². The molecule has 0 saturated carbocycles. The van der Waals surface area contributed by atoms with E-state index in [0.717, 1.165) is 29.6 Å². The van der Waals surface area contributed by atoms with Crippen molar-refractivity contribution in [2.45, 2.75) is 150 Å². The van der Waals surface area contributed by atoms with E-state index >= 15 is 0 Å². The molecule has 0 aliphatic rings. The molecule has 0 amide bonds. The summed E-state index contributed by atoms with van der Waals surface area (Å²) in [6, 6.07) is 0. The molecule has 17 unspecified atom stereocenters. The minimum atomic E-state index is -0.685. The molecule has 1 nitrogen and oxygen atoms in total. The van der Waals surface area contributed by atoms with Gasteiger partial charge < -0.3 is 5.11 Å². The molecule has 0 rings (SSSR count). The van der Waals surface area contributed by atoms with Gasteiger partial charge in [-0.25, -0.2) is 0 Å². The summed E-state index contributed by atoms with van der Waals surface area (Å²) in [5.41, 5.74) is -0.685. The van der Waals surface area contributed by atoms with Crippen LogP contribution in [0.1, 0.15) is 145 Å². The molecule has 17 atom stereocenters. The average Bonchev–Trinajstić information content (AvgIpc) is 2.94. The van der Waals surface area contributed by atoms with E-state index in [9.17, 15) is 5.11 Å². The Hall–Kier alpha value is -0.0400. The monoisotopic (exact) mass is 565 g/mol. The van der Waals surface area contributed by atoms with E-state index in [2.05, 4.69) is 138 Å². The Bertz CT molecular complexity index is 680. The van der Waals surface area contributed by atoms with Gasteiger partial charge in [0.25, 0.3) is 0 Å². The minimum absolute atomic E-state index is 0.251. The van der Waals surface area contributed by atoms with E-state index in [0.29, 0.717) is 59.2 Å². The normalized spacial score (nSPS) is 26.6. The molecule has 0 aliphatic carbocycles. The Morgan fingerprint density at radius 3 is 0.850 bits per heavy atom. The predicted molar refractivity (Wildman–Crippen MR) is 182 cm³/mol. The van der Waals surface area contributed by atoms with Crippen molar-refractivity contribution in [3.63, 3.8) is 0 Å². The van der Waals surface area contributed by atoms with Crippen LogP contribution in [0.3, 0.4) is 0 Å². The molecular formula is C39H80O. The molecule has 0 aliphatic heterocycles. The molecule has 1 heteroatoms. The largest absolute Gasteiger partial charge is 0.390 e. The fourth-order valence-corrected chi connectivity index (χ4v) is 8.20. The Morgan fingerprint density at radius 2 is 0.600 bits per heavy atom. The summed E-state index contributed by atoms with van der Waals surface area (Å²) in [6.07, 6.45) is 1.26. The van der Waals surface area contributed by atoms with Crippen molar-refractivity contribution in [3.8, 4) is 0 Å². The van der Waals surface area contributed by atoms with Crippen LogP contribution in [0, 0.1) is 101 Å². The number of aliphatic hydroxyl groups is 1. The standard InChI is InChI=1S/C39H80O/c1-21-23(4)25(6)27(8)29(10)33(14)35(16)37(18)39(20,40)38(19)36(17)34(15)32(13)31(12)30(11)28(9)26(7)24(5)22(2)3/h22-38,40H,21H2,1-20H3. The summed E-state index contributed by atoms with van der Waals surface area (Å²) >= 11 is 0. The third kappa shape index (κ3) is 9.48. The lowest BCUT2D eigenvalue weighted by atomic mass is 9.60. The van der Waals surface area contributed by atoms with Crippen LogP contribution in [-0.2, 0) is 0 Å². The first kappa shape index (κ1) is 40.0. The molecule has 0 heterocycles. The highest BCUT2D eigenvalue weighted by molar-refractivity contribution is 4.94. The van der Waals surface area contributed by atoms with E-state index < -0.39 is 5.60 Å². The van der Waals surface area contributed by atoms with Crippen LogP contribution >= 0.6 is 0 Å². The summed E-state index contributed by atoms with van der Waals surface area (Å²) in [4.78, 5) is 0. The maximum atomic E-state index is 12.1. The predicted octanol–water partition coefficient (Wildman–Crippen LogP) is 12.0. The molecule has 0 aromatic rings. The third-order valence-electron chi connectivity index (χ3n) is 15.1. The van der Waals surface area contributed by atoms with Gasteiger partial charge in [0, 0.05) is 0 Å². The SMILES string of the molecule is CCC(C)C(C)C(C)C(C)C(C)C(C)C(C)C(C)(O)C(C)C(C)C(C)C(C)C(C)C(C)C(C)C(C)C(C)C(C)C. The van der Waals surface area contributed by atoms with Crippen LogP contribution in [-0.4, -0.2) is 10.7 Å². The first-order valence-corrected chi connectivity index (χ1v) is 17.8. The molecule has 0 aromatic heterocycles. The highest BCUT2D eigenvalue weighted by Crippen LogP contribution is 2.46. The van der Waals surface area contributed by atoms with Crippen molar-refractivity contribution in [1.29, 1.82) is 0 Å². The van der Waals surface area contributed by atoms with Crippen molar-refractivity contribution in [1.82, 2.24) is 0 Å². The minimum Gasteiger partial charge on any atom is -0.390 e. The van der Waals surface area contributed by atoms with Crippen LogP contribution in [0.5, 0.6) is 0 Å². The zero-order valence-electron chi connectivity index (χ0n) is 31.5. The zero-order valence-corrected chi connectivity index (χ0v) is 31.5. The molecule has 0 fully saturated rings. The molecule has 40 heavy (non-hydrogen) atoms. The smallest absolute Gasteiger partial charge is 0.0675 e. The van der Waals surface area contributed by atoms with Gasteiger partial charge in [0.05, 0.1) is 5.60 Å². The van der Waals surface area contributed by atoms with E-state index in [1.165, 1.54) is 6.42 Å². The summed E-state index contributed by atoms with van der Waals surface area (Å²) in [6.45, 7) is 48.3. The van der Waals surface area contributed by atoms with Gasteiger partial charge in [-0.05, 0) is 108 Å². The number of hydrogen-bond acceptors (Lipinski definition) is 1. The van der Waals surface area contributed by atoms with Crippen molar-refractivity contribution in [3.05, 3.63) is 0 Å². The van der Waals surface area contributed by atoms with Gasteiger partial charge in [-0.2, -0.15) is 0 Å². The molecule has 0 spiro atoms. The number of rotatable bonds is 18. The second-order valence-electron chi connectivity index (χ2n) is 16.6. The summed E-state index contributed by atoms with van der Waals surface area (Å²) < 4.78 is 0. The summed E-state index contributed by atoms with van der Waals surface area (Å²) in [7, 11) is 0. The maximum absolute atomic E-state index is 12.1. The lowest BCUT2D eigenvalue weighted by Gasteiger charge is -2.47. The van der Waals surface area contributed by atoms with Crippen LogP contribution < -0.4 is 0 Å². The highest BCUT2D eigenvalue weighted by Gasteiger charge is 2.44. The maximum Gasteiger partial charge on any atom is 0.0675 e. The second-order valence-corrected chi connectivity index (χ2v) is 16.6. The van der Waals surface area contributed by atoms with E-state index in [-0.39, 0.29) is 11.8 Å². The molecule has 1 N–H and O–H groups in total. The van der Waals surface area contributed by atoms with Gasteiger partial charge in [0.2, 0.25) is 0 Å². The van der Waals surface area contributed by atoms with E-state index in [1.54, 1.807) is 0 Å². The van der Waals surface area contributed by atoms with Gasteiger partial charge in [-0.1, -0.05) is 138 Å². The fraction of sp³-hybridized carbons (Fsp3) is 1.00. The van der Waals surface area contributed by atoms with Crippen molar-refractivity contribution >= 4 is 0 Å². The van der Waals surface area contributed by atoms with Crippen molar-refractivity contribution in [2.24, 2.45) is 101 Å². The molecular weight excluding hydrogens is 484 g/mol. The van der Waals surface area contributed by atoms with Gasteiger partial charge in [0.15, 0.2) is 0 Å². The van der Waals surface area contributed by atoms with E-state index in [1.807, 2.05) is 0 Å². The molecule has 242 valence electrons. The van der Waals surface area contributed by atoms with Crippen LogP contribution in [0.2, 0.25) is 0 Å². The summed E-state index contributed by atoms with van der Waals surface area (Å²) in [5.74, 6) is 10.4. The third-order valence-corrected chi connectivity index (χ3v) is 15.1. The van der Waals surface area contributed by atoms with Crippen LogP contribution in [0.4, 0.5) is 0 Å². The average molecular weight is 565 g/mol. The molecule has 0 bridgehead atoms. The Kier molecular flexibility index (Phi) is 16.7. The topological polar surface area (TPSA) is 20.2 Å². The van der Waals surface area contributed by atoms with Crippen molar-refractivity contribution in [2.75, 3.05) is 0 Å². The van der Waals surface area contributed by atoms with Gasteiger partial charge in [-0.15, -0.1) is 0 Å². The van der Waals surface area contributed by atoms with Crippen LogP contribution in [0.15, 0.2) is 0 Å². The van der Waals surface area contributed by atoms with Crippen LogP contribution in [0.25, 0.3) is 0 Å². The Balaban J connectivity index is 5.58. The Morgan fingerprint density at radius 1 is 0.375 bits per heavy atom.